The van der Waals surface area contributed by atoms with Crippen molar-refractivity contribution in [1.82, 2.24) is 0 Å². The van der Waals surface area contributed by atoms with Gasteiger partial charge in [0.25, 0.3) is 5.92 Å². The lowest BCUT2D eigenvalue weighted by atomic mass is 9.63. The molecule has 30 heavy (non-hydrogen) atoms. The molecule has 0 unspecified atom stereocenters. The second-order valence-corrected chi connectivity index (χ2v) is 9.68. The molecule has 0 heterocycles. The van der Waals surface area contributed by atoms with Gasteiger partial charge in [-0.15, -0.1) is 0 Å². The first kappa shape index (κ1) is 20.5. The molecule has 0 aromatic heterocycles. The van der Waals surface area contributed by atoms with Crippen molar-refractivity contribution in [2.45, 2.75) is 57.3 Å². The van der Waals surface area contributed by atoms with Gasteiger partial charge in [-0.1, -0.05) is 58.0 Å². The molecule has 2 nitrogen and oxygen atoms in total. The number of hydrogen-bond donors (Lipinski definition) is 1. The molecular formula is C26H26F2O2. The van der Waals surface area contributed by atoms with Crippen LogP contribution in [0.4, 0.5) is 8.78 Å². The van der Waals surface area contributed by atoms with Gasteiger partial charge in [0.05, 0.1) is 5.56 Å². The Bertz CT molecular complexity index is 1160. The number of hydrogen-bond acceptors (Lipinski definition) is 1. The SMILES string of the molecule is CC1(C)CCC(C)(C)c2cc(C(F)(F)c3ccc4cc(C(=O)O)ccc4c3)ccc21. The van der Waals surface area contributed by atoms with Gasteiger partial charge in [0.2, 0.25) is 0 Å². The first-order valence-corrected chi connectivity index (χ1v) is 10.2. The minimum Gasteiger partial charge on any atom is -0.478 e. The minimum absolute atomic E-state index is 0.00599. The molecule has 156 valence electrons. The molecule has 0 amide bonds. The van der Waals surface area contributed by atoms with Gasteiger partial charge in [-0.25, -0.2) is 4.79 Å². The number of fused-ring (bicyclic) bond motifs is 2. The average molecular weight is 408 g/mol. The van der Waals surface area contributed by atoms with E-state index in [2.05, 4.69) is 27.7 Å². The highest BCUT2D eigenvalue weighted by atomic mass is 19.3. The minimum atomic E-state index is -3.15. The number of halogens is 2. The molecule has 0 atom stereocenters. The third-order valence-electron chi connectivity index (χ3n) is 6.67. The molecule has 0 spiro atoms. The van der Waals surface area contributed by atoms with Crippen LogP contribution in [0.25, 0.3) is 10.8 Å². The summed E-state index contributed by atoms with van der Waals surface area (Å²) in [6.45, 7) is 8.60. The number of carboxylic acid groups (broad SMARTS) is 1. The van der Waals surface area contributed by atoms with Gasteiger partial charge in [-0.3, -0.25) is 0 Å². The van der Waals surface area contributed by atoms with Crippen molar-refractivity contribution < 1.29 is 18.7 Å². The molecule has 0 saturated carbocycles. The third kappa shape index (κ3) is 3.28. The Kier molecular flexibility index (Phi) is 4.53. The van der Waals surface area contributed by atoms with Crippen LogP contribution in [0.3, 0.4) is 0 Å². The average Bonchev–Trinajstić information content (AvgIpc) is 2.70. The summed E-state index contributed by atoms with van der Waals surface area (Å²) in [5.74, 6) is -4.18. The van der Waals surface area contributed by atoms with Gasteiger partial charge >= 0.3 is 5.97 Å². The first-order valence-electron chi connectivity index (χ1n) is 10.2. The zero-order chi connectivity index (χ0) is 21.9. The molecule has 0 bridgehead atoms. The number of alkyl halides is 2. The van der Waals surface area contributed by atoms with Gasteiger partial charge in [0.1, 0.15) is 0 Å². The van der Waals surface area contributed by atoms with Gasteiger partial charge < -0.3 is 5.11 Å². The molecule has 3 aromatic carbocycles. The standard InChI is InChI=1S/C26H26F2O2/c1-24(2)11-12-25(3,4)22-15-20(9-10-21(22)24)26(27,28)19-8-7-16-13-18(23(29)30)6-5-17(16)14-19/h5-10,13-15H,11-12H2,1-4H3,(H,29,30). The van der Waals surface area contributed by atoms with E-state index in [0.717, 1.165) is 24.0 Å². The summed E-state index contributed by atoms with van der Waals surface area (Å²) in [7, 11) is 0. The number of carboxylic acids is 1. The fourth-order valence-corrected chi connectivity index (χ4v) is 4.52. The topological polar surface area (TPSA) is 37.3 Å². The quantitative estimate of drug-likeness (QED) is 0.505. The Hall–Kier alpha value is -2.75. The van der Waals surface area contributed by atoms with Crippen LogP contribution < -0.4 is 0 Å². The third-order valence-corrected chi connectivity index (χ3v) is 6.67. The van der Waals surface area contributed by atoms with E-state index in [-0.39, 0.29) is 27.5 Å². The van der Waals surface area contributed by atoms with E-state index in [9.17, 15) is 4.79 Å². The number of aromatic carboxylic acids is 1. The molecule has 0 radical (unpaired) electrons. The number of carbonyl (C=O) groups is 1. The summed E-state index contributed by atoms with van der Waals surface area (Å²) in [6, 6.07) is 14.1. The van der Waals surface area contributed by atoms with Crippen molar-refractivity contribution in [3.8, 4) is 0 Å². The van der Waals surface area contributed by atoms with Gasteiger partial charge in [0, 0.05) is 11.1 Å². The van der Waals surface area contributed by atoms with Crippen LogP contribution in [0, 0.1) is 0 Å². The summed E-state index contributed by atoms with van der Waals surface area (Å²) >= 11 is 0. The Morgan fingerprint density at radius 2 is 1.33 bits per heavy atom. The van der Waals surface area contributed by atoms with E-state index in [1.807, 2.05) is 6.07 Å². The summed E-state index contributed by atoms with van der Waals surface area (Å²) in [4.78, 5) is 11.2. The predicted molar refractivity (Wildman–Crippen MR) is 116 cm³/mol. The van der Waals surface area contributed by atoms with Crippen molar-refractivity contribution >= 4 is 16.7 Å². The van der Waals surface area contributed by atoms with Crippen LogP contribution in [-0.4, -0.2) is 11.1 Å². The Morgan fingerprint density at radius 1 is 0.800 bits per heavy atom. The van der Waals surface area contributed by atoms with Crippen LogP contribution in [0.1, 0.15) is 73.1 Å². The lowest BCUT2D eigenvalue weighted by molar-refractivity contribution is 0.0427. The lowest BCUT2D eigenvalue weighted by Gasteiger charge is -2.42. The molecule has 4 heteroatoms. The van der Waals surface area contributed by atoms with Crippen molar-refractivity contribution in [3.63, 3.8) is 0 Å². The largest absolute Gasteiger partial charge is 0.478 e. The number of benzene rings is 3. The molecule has 0 aliphatic heterocycles. The smallest absolute Gasteiger partial charge is 0.335 e. The van der Waals surface area contributed by atoms with Crippen molar-refractivity contribution in [3.05, 3.63) is 82.4 Å². The van der Waals surface area contributed by atoms with E-state index >= 15 is 8.78 Å². The highest BCUT2D eigenvalue weighted by Crippen LogP contribution is 2.48. The highest BCUT2D eigenvalue weighted by Gasteiger charge is 2.40. The van der Waals surface area contributed by atoms with Crippen molar-refractivity contribution in [2.24, 2.45) is 0 Å². The monoisotopic (exact) mass is 408 g/mol. The molecular weight excluding hydrogens is 382 g/mol. The van der Waals surface area contributed by atoms with Crippen molar-refractivity contribution in [2.75, 3.05) is 0 Å². The first-order chi connectivity index (χ1) is 13.9. The van der Waals surface area contributed by atoms with Gasteiger partial charge in [-0.2, -0.15) is 8.78 Å². The second-order valence-electron chi connectivity index (χ2n) is 9.68. The maximum absolute atomic E-state index is 15.5. The highest BCUT2D eigenvalue weighted by molar-refractivity contribution is 5.94. The molecule has 3 aromatic rings. The van der Waals surface area contributed by atoms with E-state index < -0.39 is 11.9 Å². The lowest BCUT2D eigenvalue weighted by Crippen LogP contribution is -2.34. The molecule has 4 rings (SSSR count). The van der Waals surface area contributed by atoms with Gasteiger partial charge in [-0.05, 0) is 69.8 Å². The molecule has 1 aliphatic rings. The Labute approximate surface area is 175 Å². The molecule has 1 aliphatic carbocycles. The maximum Gasteiger partial charge on any atom is 0.335 e. The van der Waals surface area contributed by atoms with E-state index in [0.29, 0.717) is 10.8 Å². The Morgan fingerprint density at radius 3 is 2.00 bits per heavy atom. The van der Waals surface area contributed by atoms with Crippen LogP contribution in [-0.2, 0) is 16.8 Å². The molecule has 1 N–H and O–H groups in total. The second kappa shape index (κ2) is 6.63. The van der Waals surface area contributed by atoms with Crippen molar-refractivity contribution in [1.29, 1.82) is 0 Å². The molecule has 0 saturated heterocycles. The fourth-order valence-electron chi connectivity index (χ4n) is 4.52. The zero-order valence-corrected chi connectivity index (χ0v) is 17.7. The van der Waals surface area contributed by atoms with Crippen LogP contribution in [0.15, 0.2) is 54.6 Å². The normalized spacial score (nSPS) is 17.5. The van der Waals surface area contributed by atoms with Crippen LogP contribution >= 0.6 is 0 Å². The van der Waals surface area contributed by atoms with E-state index in [1.54, 1.807) is 24.3 Å². The summed E-state index contributed by atoms with van der Waals surface area (Å²) in [5, 5.41) is 10.4. The fraction of sp³-hybridized carbons (Fsp3) is 0.346. The van der Waals surface area contributed by atoms with E-state index in [1.165, 1.54) is 24.3 Å². The van der Waals surface area contributed by atoms with Crippen LogP contribution in [0.5, 0.6) is 0 Å². The maximum atomic E-state index is 15.5. The zero-order valence-electron chi connectivity index (χ0n) is 17.7. The summed E-state index contributed by atoms with van der Waals surface area (Å²) < 4.78 is 31.1. The molecule has 0 fully saturated rings. The summed E-state index contributed by atoms with van der Waals surface area (Å²) in [6.07, 6.45) is 2.00. The van der Waals surface area contributed by atoms with Crippen LogP contribution in [0.2, 0.25) is 0 Å². The number of rotatable bonds is 3. The predicted octanol–water partition coefficient (Wildman–Crippen LogP) is 7.03. The van der Waals surface area contributed by atoms with E-state index in [4.69, 9.17) is 5.11 Å². The van der Waals surface area contributed by atoms with Gasteiger partial charge in [0.15, 0.2) is 0 Å². The summed E-state index contributed by atoms with van der Waals surface area (Å²) in [5.41, 5.74) is 2.03. The Balaban J connectivity index is 1.80.